The average Bonchev–Trinajstić information content (AvgIpc) is 3.51. The van der Waals surface area contributed by atoms with Gasteiger partial charge in [-0.05, 0) is 49.2 Å². The number of sulfonamides is 2. The molecule has 1 atom stereocenters. The number of para-hydroxylation sites is 2. The fourth-order valence-corrected chi connectivity index (χ4v) is 5.50. The third-order valence-electron chi connectivity index (χ3n) is 4.77. The first-order valence-corrected chi connectivity index (χ1v) is 12.2. The average molecular weight is 439 g/mol. The maximum Gasteiger partial charge on any atom is 0.242 e. The molecule has 1 fully saturated rings. The van der Waals surface area contributed by atoms with Gasteiger partial charge >= 0.3 is 0 Å². The third kappa shape index (κ3) is 4.40. The van der Waals surface area contributed by atoms with E-state index in [1.807, 2.05) is 12.1 Å². The van der Waals surface area contributed by atoms with Crippen molar-refractivity contribution in [2.75, 3.05) is 20.2 Å². The van der Waals surface area contributed by atoms with Crippen LogP contribution in [0.15, 0.2) is 58.3 Å². The molecule has 2 aromatic rings. The predicted octanol–water partition coefficient (Wildman–Crippen LogP) is 1.59. The molecule has 0 spiro atoms. The van der Waals surface area contributed by atoms with E-state index >= 15 is 0 Å². The smallest absolute Gasteiger partial charge is 0.242 e. The predicted molar refractivity (Wildman–Crippen MR) is 106 cm³/mol. The largest absolute Gasteiger partial charge is 0.486 e. The van der Waals surface area contributed by atoms with Gasteiger partial charge in [0, 0.05) is 13.1 Å². The van der Waals surface area contributed by atoms with Crippen LogP contribution in [0.25, 0.3) is 0 Å². The molecule has 2 aliphatic rings. The van der Waals surface area contributed by atoms with Crippen LogP contribution in [0.2, 0.25) is 0 Å². The second-order valence-electron chi connectivity index (χ2n) is 7.15. The summed E-state index contributed by atoms with van der Waals surface area (Å²) in [7, 11) is -5.97. The summed E-state index contributed by atoms with van der Waals surface area (Å²) in [4.78, 5) is 0.0640. The Kier molecular flexibility index (Phi) is 5.28. The summed E-state index contributed by atoms with van der Waals surface area (Å²) in [6.07, 6.45) is 1.20. The summed E-state index contributed by atoms with van der Waals surface area (Å²) >= 11 is 0. The lowest BCUT2D eigenvalue weighted by molar-refractivity contribution is 0.0798. The van der Waals surface area contributed by atoms with E-state index in [4.69, 9.17) is 9.47 Å². The Bertz CT molecular complexity index is 1100. The van der Waals surface area contributed by atoms with E-state index in [-0.39, 0.29) is 29.0 Å². The van der Waals surface area contributed by atoms with Crippen molar-refractivity contribution in [3.63, 3.8) is 0 Å². The molecule has 1 aliphatic carbocycles. The summed E-state index contributed by atoms with van der Waals surface area (Å²) < 4.78 is 65.4. The lowest BCUT2D eigenvalue weighted by Gasteiger charge is -2.29. The van der Waals surface area contributed by atoms with Gasteiger partial charge < -0.3 is 9.47 Å². The molecule has 4 rings (SSSR count). The Balaban J connectivity index is 1.45. The third-order valence-corrected chi connectivity index (χ3v) is 8.14. The molecular formula is C19H22N2O6S2. The van der Waals surface area contributed by atoms with Crippen molar-refractivity contribution in [1.82, 2.24) is 9.03 Å². The van der Waals surface area contributed by atoms with Crippen molar-refractivity contribution in [3.8, 4) is 11.5 Å². The molecule has 10 heteroatoms. The number of likely N-dealkylation sites (N-methyl/N-ethyl adjacent to an activating group) is 1. The maximum absolute atomic E-state index is 12.9. The summed E-state index contributed by atoms with van der Waals surface area (Å²) in [6, 6.07) is 12.4. The first-order chi connectivity index (χ1) is 13.8. The first kappa shape index (κ1) is 20.1. The van der Waals surface area contributed by atoms with E-state index in [1.54, 1.807) is 12.1 Å². The molecule has 0 radical (unpaired) electrons. The van der Waals surface area contributed by atoms with Gasteiger partial charge in [-0.15, -0.1) is 0 Å². The normalized spacial score (nSPS) is 19.3. The van der Waals surface area contributed by atoms with Crippen molar-refractivity contribution in [3.05, 3.63) is 48.5 Å². The van der Waals surface area contributed by atoms with Crippen LogP contribution in [0.4, 0.5) is 0 Å². The minimum Gasteiger partial charge on any atom is -0.486 e. The Hall–Kier alpha value is -2.14. The van der Waals surface area contributed by atoms with Crippen LogP contribution in [0.3, 0.4) is 0 Å². The molecule has 0 amide bonds. The van der Waals surface area contributed by atoms with Gasteiger partial charge in [0.25, 0.3) is 0 Å². The van der Waals surface area contributed by atoms with Crippen LogP contribution >= 0.6 is 0 Å². The van der Waals surface area contributed by atoms with Crippen LogP contribution in [0, 0.1) is 0 Å². The number of benzene rings is 2. The number of rotatable bonds is 7. The van der Waals surface area contributed by atoms with Gasteiger partial charge in [0.05, 0.1) is 16.3 Å². The molecule has 1 saturated carbocycles. The van der Waals surface area contributed by atoms with Crippen LogP contribution < -0.4 is 14.2 Å². The number of ether oxygens (including phenoxy) is 2. The van der Waals surface area contributed by atoms with Gasteiger partial charge in [-0.1, -0.05) is 12.1 Å². The summed E-state index contributed by atoms with van der Waals surface area (Å²) in [5, 5.41) is 0. The highest BCUT2D eigenvalue weighted by Crippen LogP contribution is 2.31. The second kappa shape index (κ2) is 7.60. The molecular weight excluding hydrogens is 416 g/mol. The zero-order valence-electron chi connectivity index (χ0n) is 15.8. The first-order valence-electron chi connectivity index (χ1n) is 9.23. The van der Waals surface area contributed by atoms with Crippen LogP contribution in [0.1, 0.15) is 12.8 Å². The Morgan fingerprint density at radius 1 is 0.966 bits per heavy atom. The lowest BCUT2D eigenvalue weighted by Crippen LogP contribution is -2.41. The number of nitrogens with zero attached hydrogens (tertiary/aromatic N) is 1. The lowest BCUT2D eigenvalue weighted by atomic mass is 10.2. The summed E-state index contributed by atoms with van der Waals surface area (Å²) in [5.74, 6) is 1.21. The maximum atomic E-state index is 12.9. The van der Waals surface area contributed by atoms with Gasteiger partial charge in [-0.3, -0.25) is 0 Å². The highest BCUT2D eigenvalue weighted by atomic mass is 32.2. The van der Waals surface area contributed by atoms with Gasteiger partial charge in [0.2, 0.25) is 20.0 Å². The highest BCUT2D eigenvalue weighted by molar-refractivity contribution is 7.89. The van der Waals surface area contributed by atoms with Gasteiger partial charge in [-0.2, -0.15) is 4.31 Å². The highest BCUT2D eigenvalue weighted by Gasteiger charge is 2.30. The molecule has 0 aromatic heterocycles. The van der Waals surface area contributed by atoms with Crippen molar-refractivity contribution >= 4 is 20.0 Å². The van der Waals surface area contributed by atoms with E-state index in [9.17, 15) is 16.8 Å². The topological polar surface area (TPSA) is 102 Å². The van der Waals surface area contributed by atoms with Crippen molar-refractivity contribution in [1.29, 1.82) is 0 Å². The fraction of sp³-hybridized carbons (Fsp3) is 0.368. The van der Waals surface area contributed by atoms with Crippen LogP contribution in [-0.4, -0.2) is 53.5 Å². The van der Waals surface area contributed by atoms with Crippen LogP contribution in [-0.2, 0) is 20.0 Å². The Morgan fingerprint density at radius 2 is 1.59 bits per heavy atom. The molecule has 0 unspecified atom stereocenters. The standard InChI is InChI=1S/C19H22N2O6S2/c1-21(12-15-13-26-18-4-2-3-5-19(18)27-15)29(24,25)17-10-8-16(9-11-17)28(22,23)20-14-6-7-14/h2-5,8-11,14-15,20H,6-7,12-13H2,1H3/t15-/m1/s1. The summed E-state index contributed by atoms with van der Waals surface area (Å²) in [6.45, 7) is 0.334. The number of hydrogen-bond donors (Lipinski definition) is 1. The van der Waals surface area contributed by atoms with Gasteiger partial charge in [0.1, 0.15) is 12.7 Å². The second-order valence-corrected chi connectivity index (χ2v) is 10.9. The van der Waals surface area contributed by atoms with Gasteiger partial charge in [-0.25, -0.2) is 21.6 Å². The summed E-state index contributed by atoms with van der Waals surface area (Å²) in [5.41, 5.74) is 0. The Morgan fingerprint density at radius 3 is 2.24 bits per heavy atom. The molecule has 0 saturated heterocycles. The van der Waals surface area contributed by atoms with Crippen molar-refractivity contribution in [2.45, 2.75) is 34.8 Å². The van der Waals surface area contributed by atoms with E-state index in [1.165, 1.54) is 35.6 Å². The molecule has 8 nitrogen and oxygen atoms in total. The minimum absolute atomic E-state index is 0.0162. The number of hydrogen-bond acceptors (Lipinski definition) is 6. The van der Waals surface area contributed by atoms with E-state index in [0.717, 1.165) is 12.8 Å². The quantitative estimate of drug-likeness (QED) is 0.704. The minimum atomic E-state index is -3.81. The van der Waals surface area contributed by atoms with E-state index in [2.05, 4.69) is 4.72 Å². The molecule has 156 valence electrons. The molecule has 1 N–H and O–H groups in total. The number of fused-ring (bicyclic) bond motifs is 1. The van der Waals surface area contributed by atoms with E-state index in [0.29, 0.717) is 11.5 Å². The molecule has 0 bridgehead atoms. The Labute approximate surface area is 170 Å². The number of nitrogens with one attached hydrogen (secondary N) is 1. The SMILES string of the molecule is CN(C[C@@H]1COc2ccccc2O1)S(=O)(=O)c1ccc(S(=O)(=O)NC2CC2)cc1. The monoisotopic (exact) mass is 438 g/mol. The molecule has 1 heterocycles. The van der Waals surface area contributed by atoms with Crippen molar-refractivity contribution in [2.24, 2.45) is 0 Å². The zero-order chi connectivity index (χ0) is 20.6. The van der Waals surface area contributed by atoms with Gasteiger partial charge in [0.15, 0.2) is 11.5 Å². The molecule has 2 aromatic carbocycles. The van der Waals surface area contributed by atoms with E-state index < -0.39 is 26.2 Å². The zero-order valence-corrected chi connectivity index (χ0v) is 17.4. The fourth-order valence-electron chi connectivity index (χ4n) is 3.00. The van der Waals surface area contributed by atoms with Crippen molar-refractivity contribution < 1.29 is 26.3 Å². The molecule has 29 heavy (non-hydrogen) atoms. The van der Waals surface area contributed by atoms with Crippen LogP contribution in [0.5, 0.6) is 11.5 Å². The molecule has 1 aliphatic heterocycles.